The smallest absolute Gasteiger partial charge is 0.191 e. The Hall–Kier alpha value is -1.88. The summed E-state index contributed by atoms with van der Waals surface area (Å²) in [7, 11) is 0. The van der Waals surface area contributed by atoms with E-state index in [2.05, 4.69) is 65.0 Å². The molecule has 0 radical (unpaired) electrons. The maximum atomic E-state index is 4.64. The summed E-state index contributed by atoms with van der Waals surface area (Å²) in [6.45, 7) is 10.9. The molecule has 0 spiro atoms. The molecule has 0 unspecified atom stereocenters. The number of hydrogen-bond donors (Lipinski definition) is 2. The Morgan fingerprint density at radius 2 is 1.83 bits per heavy atom. The van der Waals surface area contributed by atoms with Crippen molar-refractivity contribution in [3.8, 4) is 0 Å². The highest BCUT2D eigenvalue weighted by Crippen LogP contribution is 2.09. The summed E-state index contributed by atoms with van der Waals surface area (Å²) in [4.78, 5) is 9.12. The predicted molar refractivity (Wildman–Crippen MR) is 104 cm³/mol. The van der Waals surface area contributed by atoms with Crippen molar-refractivity contribution in [2.45, 2.75) is 40.5 Å². The van der Waals surface area contributed by atoms with Gasteiger partial charge < -0.3 is 10.6 Å². The first-order valence-electron chi connectivity index (χ1n) is 8.57. The Bertz CT molecular complexity index is 656. The van der Waals surface area contributed by atoms with Crippen molar-refractivity contribution in [1.29, 1.82) is 0 Å². The molecule has 5 heteroatoms. The number of hydrogen-bond acceptors (Lipinski definition) is 3. The maximum absolute atomic E-state index is 4.64. The molecule has 2 rings (SSSR count). The minimum Gasteiger partial charge on any atom is -0.357 e. The molecule has 2 aromatic rings. The van der Waals surface area contributed by atoms with Crippen molar-refractivity contribution in [3.05, 3.63) is 51.0 Å². The van der Waals surface area contributed by atoms with Gasteiger partial charge in [0, 0.05) is 31.4 Å². The van der Waals surface area contributed by atoms with E-state index in [1.165, 1.54) is 16.7 Å². The van der Waals surface area contributed by atoms with Gasteiger partial charge in [-0.25, -0.2) is 4.98 Å². The Balaban J connectivity index is 1.82. The summed E-state index contributed by atoms with van der Waals surface area (Å²) in [5.41, 5.74) is 5.15. The van der Waals surface area contributed by atoms with E-state index >= 15 is 0 Å². The molecule has 1 aromatic heterocycles. The van der Waals surface area contributed by atoms with Gasteiger partial charge in [0.1, 0.15) is 0 Å². The molecule has 0 amide bonds. The second-order valence-corrected chi connectivity index (χ2v) is 7.10. The lowest BCUT2D eigenvalue weighted by molar-refractivity contribution is 0.794. The van der Waals surface area contributed by atoms with Crippen molar-refractivity contribution in [1.82, 2.24) is 15.6 Å². The molecule has 1 heterocycles. The first-order valence-corrected chi connectivity index (χ1v) is 9.45. The average Bonchev–Trinajstić information content (AvgIpc) is 2.92. The van der Waals surface area contributed by atoms with Crippen LogP contribution in [0.15, 0.2) is 28.6 Å². The second kappa shape index (κ2) is 9.42. The lowest BCUT2D eigenvalue weighted by Gasteiger charge is -2.11. The molecule has 0 saturated carbocycles. The lowest BCUT2D eigenvalue weighted by atomic mass is 10.1. The lowest BCUT2D eigenvalue weighted by Crippen LogP contribution is -2.38. The van der Waals surface area contributed by atoms with Crippen molar-refractivity contribution in [2.24, 2.45) is 4.99 Å². The topological polar surface area (TPSA) is 49.3 Å². The first-order chi connectivity index (χ1) is 11.6. The summed E-state index contributed by atoms with van der Waals surface area (Å²) >= 11 is 1.70. The molecular weight excluding hydrogens is 316 g/mol. The Kier molecular flexibility index (Phi) is 7.25. The van der Waals surface area contributed by atoms with E-state index in [4.69, 9.17) is 0 Å². The van der Waals surface area contributed by atoms with Gasteiger partial charge >= 0.3 is 0 Å². The zero-order valence-electron chi connectivity index (χ0n) is 15.1. The van der Waals surface area contributed by atoms with E-state index in [-0.39, 0.29) is 0 Å². The molecule has 4 nitrogen and oxygen atoms in total. The quantitative estimate of drug-likeness (QED) is 0.598. The average molecular weight is 345 g/mol. The van der Waals surface area contributed by atoms with E-state index in [0.717, 1.165) is 49.1 Å². The van der Waals surface area contributed by atoms with Crippen molar-refractivity contribution >= 4 is 17.3 Å². The molecule has 0 aliphatic carbocycles. The van der Waals surface area contributed by atoms with Crippen molar-refractivity contribution < 1.29 is 0 Å². The largest absolute Gasteiger partial charge is 0.357 e. The minimum atomic E-state index is 0.752. The number of aromatic nitrogens is 1. The zero-order valence-corrected chi connectivity index (χ0v) is 16.0. The van der Waals surface area contributed by atoms with E-state index in [0.29, 0.717) is 0 Å². The normalized spacial score (nSPS) is 11.6. The highest BCUT2D eigenvalue weighted by molar-refractivity contribution is 7.09. The van der Waals surface area contributed by atoms with Crippen LogP contribution in [0.5, 0.6) is 0 Å². The molecule has 0 fully saturated rings. The van der Waals surface area contributed by atoms with Crippen LogP contribution in [-0.2, 0) is 12.8 Å². The van der Waals surface area contributed by atoms with Gasteiger partial charge in [0.25, 0.3) is 0 Å². The van der Waals surface area contributed by atoms with Gasteiger partial charge in [0.2, 0.25) is 0 Å². The monoisotopic (exact) mass is 344 g/mol. The van der Waals surface area contributed by atoms with Crippen LogP contribution in [0.25, 0.3) is 0 Å². The second-order valence-electron chi connectivity index (χ2n) is 6.04. The molecule has 2 N–H and O–H groups in total. The van der Waals surface area contributed by atoms with Crippen LogP contribution in [0, 0.1) is 20.8 Å². The van der Waals surface area contributed by atoms with Crippen LogP contribution in [-0.4, -0.2) is 30.6 Å². The Morgan fingerprint density at radius 1 is 1.08 bits per heavy atom. The number of guanidine groups is 1. The van der Waals surface area contributed by atoms with Gasteiger partial charge in [-0.1, -0.05) is 29.3 Å². The highest BCUT2D eigenvalue weighted by Gasteiger charge is 2.01. The summed E-state index contributed by atoms with van der Waals surface area (Å²) < 4.78 is 0. The molecule has 0 aliphatic heterocycles. The summed E-state index contributed by atoms with van der Waals surface area (Å²) in [6, 6.07) is 6.72. The fourth-order valence-electron chi connectivity index (χ4n) is 2.69. The van der Waals surface area contributed by atoms with Crippen LogP contribution in [0.1, 0.15) is 34.3 Å². The number of nitrogens with one attached hydrogen (secondary N) is 2. The third kappa shape index (κ3) is 6.32. The van der Waals surface area contributed by atoms with Gasteiger partial charge in [0.05, 0.1) is 10.7 Å². The standard InChI is InChI=1S/C19H28N4S/c1-5-20-19(22-9-7-18-13-24-16(4)23-18)21-8-6-17-11-14(2)10-15(3)12-17/h10-13H,5-9H2,1-4H3,(H2,20,21,22). The minimum absolute atomic E-state index is 0.752. The molecule has 0 aliphatic rings. The molecule has 0 saturated heterocycles. The summed E-state index contributed by atoms with van der Waals surface area (Å²) in [6.07, 6.45) is 1.89. The van der Waals surface area contributed by atoms with Gasteiger partial charge in [-0.05, 0) is 39.7 Å². The summed E-state index contributed by atoms with van der Waals surface area (Å²) in [5, 5.41) is 9.96. The predicted octanol–water partition coefficient (Wildman–Crippen LogP) is 3.41. The first kappa shape index (κ1) is 18.5. The number of thiazole rings is 1. The fourth-order valence-corrected chi connectivity index (χ4v) is 3.33. The summed E-state index contributed by atoms with van der Waals surface area (Å²) in [5.74, 6) is 0.883. The number of nitrogens with zero attached hydrogens (tertiary/aromatic N) is 2. The van der Waals surface area contributed by atoms with Gasteiger partial charge in [0.15, 0.2) is 5.96 Å². The van der Waals surface area contributed by atoms with E-state index in [1.807, 2.05) is 6.92 Å². The maximum Gasteiger partial charge on any atom is 0.191 e. The van der Waals surface area contributed by atoms with Gasteiger partial charge in [-0.15, -0.1) is 11.3 Å². The van der Waals surface area contributed by atoms with Gasteiger partial charge in [-0.3, -0.25) is 4.99 Å². The van der Waals surface area contributed by atoms with Crippen molar-refractivity contribution in [2.75, 3.05) is 19.6 Å². The van der Waals surface area contributed by atoms with E-state index < -0.39 is 0 Å². The number of benzene rings is 1. The highest BCUT2D eigenvalue weighted by atomic mass is 32.1. The Labute approximate surface area is 149 Å². The zero-order chi connectivity index (χ0) is 17.4. The number of aryl methyl sites for hydroxylation is 3. The number of rotatable bonds is 7. The molecule has 0 bridgehead atoms. The molecule has 0 atom stereocenters. The molecule has 1 aromatic carbocycles. The van der Waals surface area contributed by atoms with E-state index in [9.17, 15) is 0 Å². The third-order valence-corrected chi connectivity index (χ3v) is 4.46. The van der Waals surface area contributed by atoms with Crippen LogP contribution >= 0.6 is 11.3 Å². The van der Waals surface area contributed by atoms with Crippen LogP contribution in [0.2, 0.25) is 0 Å². The fraction of sp³-hybridized carbons (Fsp3) is 0.474. The van der Waals surface area contributed by atoms with Crippen LogP contribution in [0.3, 0.4) is 0 Å². The molecule has 130 valence electrons. The van der Waals surface area contributed by atoms with E-state index in [1.54, 1.807) is 11.3 Å². The van der Waals surface area contributed by atoms with Crippen LogP contribution < -0.4 is 10.6 Å². The molecule has 24 heavy (non-hydrogen) atoms. The van der Waals surface area contributed by atoms with Gasteiger partial charge in [-0.2, -0.15) is 0 Å². The van der Waals surface area contributed by atoms with Crippen LogP contribution in [0.4, 0.5) is 0 Å². The van der Waals surface area contributed by atoms with Crippen molar-refractivity contribution in [3.63, 3.8) is 0 Å². The third-order valence-electron chi connectivity index (χ3n) is 3.64. The SMILES string of the molecule is CCNC(=NCCc1csc(C)n1)NCCc1cc(C)cc(C)c1. The number of aliphatic imine (C=N–C) groups is 1. The Morgan fingerprint density at radius 3 is 2.46 bits per heavy atom. The molecular formula is C19H28N4S.